The molecule has 0 aliphatic rings. The lowest BCUT2D eigenvalue weighted by Crippen LogP contribution is -1.92. The third kappa shape index (κ3) is 18.9. The van der Waals surface area contributed by atoms with E-state index in [1.807, 2.05) is 6.92 Å². The maximum absolute atomic E-state index is 10.3. The van der Waals surface area contributed by atoms with Gasteiger partial charge >= 0.3 is 5.97 Å². The third-order valence-electron chi connectivity index (χ3n) is 2.15. The summed E-state index contributed by atoms with van der Waals surface area (Å²) < 4.78 is 4.33. The average Bonchev–Trinajstić information content (AvgIpc) is 2.32. The SMILES string of the molecule is CCC=CC(=O)OC.CCCCCCCC. The van der Waals surface area contributed by atoms with Crippen LogP contribution in [0.15, 0.2) is 12.2 Å². The molecule has 0 N–H and O–H groups in total. The summed E-state index contributed by atoms with van der Waals surface area (Å²) >= 11 is 0. The Balaban J connectivity index is 0. The Morgan fingerprint density at radius 3 is 1.81 bits per heavy atom. The quantitative estimate of drug-likeness (QED) is 0.364. The summed E-state index contributed by atoms with van der Waals surface area (Å²) in [4.78, 5) is 10.3. The lowest BCUT2D eigenvalue weighted by Gasteiger charge is -1.93. The zero-order valence-corrected chi connectivity index (χ0v) is 11.4. The van der Waals surface area contributed by atoms with Gasteiger partial charge in [-0.1, -0.05) is 65.4 Å². The molecular formula is C14H28O2. The molecule has 0 saturated carbocycles. The maximum atomic E-state index is 10.3. The Kier molecular flexibility index (Phi) is 18.3. The van der Waals surface area contributed by atoms with Crippen molar-refractivity contribution in [1.82, 2.24) is 0 Å². The van der Waals surface area contributed by atoms with Crippen LogP contribution in [0.5, 0.6) is 0 Å². The van der Waals surface area contributed by atoms with Gasteiger partial charge in [0, 0.05) is 6.08 Å². The summed E-state index contributed by atoms with van der Waals surface area (Å²) in [6, 6.07) is 0. The van der Waals surface area contributed by atoms with Crippen molar-refractivity contribution >= 4 is 5.97 Å². The molecule has 0 heterocycles. The summed E-state index contributed by atoms with van der Waals surface area (Å²) in [5.74, 6) is -0.285. The van der Waals surface area contributed by atoms with Crippen LogP contribution in [0.3, 0.4) is 0 Å². The van der Waals surface area contributed by atoms with Crippen LogP contribution in [-0.2, 0) is 9.53 Å². The van der Waals surface area contributed by atoms with Crippen LogP contribution >= 0.6 is 0 Å². The van der Waals surface area contributed by atoms with Crippen LogP contribution in [0.25, 0.3) is 0 Å². The molecule has 2 heteroatoms. The topological polar surface area (TPSA) is 26.3 Å². The van der Waals surface area contributed by atoms with Gasteiger partial charge in [-0.05, 0) is 6.42 Å². The molecular weight excluding hydrogens is 200 g/mol. The molecule has 0 spiro atoms. The number of unbranched alkanes of at least 4 members (excludes halogenated alkanes) is 5. The van der Waals surface area contributed by atoms with Gasteiger partial charge < -0.3 is 4.74 Å². The molecule has 0 aromatic carbocycles. The molecule has 16 heavy (non-hydrogen) atoms. The number of hydrogen-bond donors (Lipinski definition) is 0. The van der Waals surface area contributed by atoms with Gasteiger partial charge in [0.2, 0.25) is 0 Å². The number of carbonyl (C=O) groups excluding carboxylic acids is 1. The molecule has 2 nitrogen and oxygen atoms in total. The summed E-state index contributed by atoms with van der Waals surface area (Å²) in [6.45, 7) is 6.47. The van der Waals surface area contributed by atoms with E-state index in [1.54, 1.807) is 6.08 Å². The van der Waals surface area contributed by atoms with Crippen molar-refractivity contribution in [3.05, 3.63) is 12.2 Å². The van der Waals surface area contributed by atoms with Gasteiger partial charge in [-0.2, -0.15) is 0 Å². The van der Waals surface area contributed by atoms with Crippen molar-refractivity contribution in [2.24, 2.45) is 0 Å². The Morgan fingerprint density at radius 2 is 1.50 bits per heavy atom. The van der Waals surface area contributed by atoms with Crippen molar-refractivity contribution in [3.8, 4) is 0 Å². The zero-order chi connectivity index (χ0) is 12.6. The molecule has 96 valence electrons. The molecule has 0 radical (unpaired) electrons. The number of carbonyl (C=O) groups is 1. The van der Waals surface area contributed by atoms with E-state index < -0.39 is 0 Å². The molecule has 0 unspecified atom stereocenters. The first kappa shape index (κ1) is 17.6. The number of ether oxygens (including phenoxy) is 1. The fraction of sp³-hybridized carbons (Fsp3) is 0.786. The largest absolute Gasteiger partial charge is 0.466 e. The van der Waals surface area contributed by atoms with E-state index in [0.717, 1.165) is 6.42 Å². The molecule has 0 aromatic heterocycles. The average molecular weight is 228 g/mol. The van der Waals surface area contributed by atoms with E-state index in [9.17, 15) is 4.79 Å². The lowest BCUT2D eigenvalue weighted by atomic mass is 10.1. The van der Waals surface area contributed by atoms with Crippen LogP contribution < -0.4 is 0 Å². The molecule has 0 atom stereocenters. The Labute approximate surface area is 101 Å². The van der Waals surface area contributed by atoms with Crippen LogP contribution in [0.4, 0.5) is 0 Å². The van der Waals surface area contributed by atoms with Crippen LogP contribution in [0.1, 0.15) is 65.7 Å². The predicted octanol–water partition coefficient (Wildman–Crippen LogP) is 4.49. The molecule has 0 aliphatic carbocycles. The lowest BCUT2D eigenvalue weighted by molar-refractivity contribution is -0.134. The Bertz CT molecular complexity index is 156. The molecule has 0 fully saturated rings. The number of allylic oxidation sites excluding steroid dienone is 1. The smallest absolute Gasteiger partial charge is 0.330 e. The predicted molar refractivity (Wildman–Crippen MR) is 70.5 cm³/mol. The first-order valence-corrected chi connectivity index (χ1v) is 6.47. The second-order valence-electron chi connectivity index (χ2n) is 3.75. The highest BCUT2D eigenvalue weighted by Gasteiger charge is 1.85. The standard InChI is InChI=1S/C8H18.C6H10O2/c1-3-5-7-8-6-4-2;1-3-4-5-6(7)8-2/h3-8H2,1-2H3;4-5H,3H2,1-2H3. The van der Waals surface area contributed by atoms with Crippen molar-refractivity contribution in [2.45, 2.75) is 65.7 Å². The fourth-order valence-corrected chi connectivity index (χ4v) is 1.14. The molecule has 0 amide bonds. The van der Waals surface area contributed by atoms with Gasteiger partial charge in [-0.15, -0.1) is 0 Å². The molecule has 0 saturated heterocycles. The zero-order valence-electron chi connectivity index (χ0n) is 11.4. The van der Waals surface area contributed by atoms with E-state index in [-0.39, 0.29) is 5.97 Å². The minimum Gasteiger partial charge on any atom is -0.466 e. The van der Waals surface area contributed by atoms with Gasteiger partial charge in [0.05, 0.1) is 7.11 Å². The van der Waals surface area contributed by atoms with E-state index in [0.29, 0.717) is 0 Å². The highest BCUT2D eigenvalue weighted by atomic mass is 16.5. The summed E-state index contributed by atoms with van der Waals surface area (Å²) in [7, 11) is 1.36. The first-order valence-electron chi connectivity index (χ1n) is 6.47. The van der Waals surface area contributed by atoms with E-state index >= 15 is 0 Å². The second kappa shape index (κ2) is 16.6. The van der Waals surface area contributed by atoms with Gasteiger partial charge in [0.15, 0.2) is 0 Å². The van der Waals surface area contributed by atoms with Crippen LogP contribution in [-0.4, -0.2) is 13.1 Å². The molecule has 0 aromatic rings. The van der Waals surface area contributed by atoms with Gasteiger partial charge in [-0.25, -0.2) is 4.79 Å². The summed E-state index contributed by atoms with van der Waals surface area (Å²) in [5, 5.41) is 0. The third-order valence-corrected chi connectivity index (χ3v) is 2.15. The minimum atomic E-state index is -0.285. The second-order valence-corrected chi connectivity index (χ2v) is 3.75. The van der Waals surface area contributed by atoms with Gasteiger partial charge in [0.25, 0.3) is 0 Å². The van der Waals surface area contributed by atoms with Crippen molar-refractivity contribution in [1.29, 1.82) is 0 Å². The number of rotatable bonds is 7. The molecule has 0 aliphatic heterocycles. The molecule has 0 bridgehead atoms. The number of esters is 1. The van der Waals surface area contributed by atoms with Gasteiger partial charge in [0.1, 0.15) is 0 Å². The first-order chi connectivity index (χ1) is 7.72. The summed E-state index contributed by atoms with van der Waals surface area (Å²) in [6.07, 6.45) is 12.5. The van der Waals surface area contributed by atoms with Crippen LogP contribution in [0.2, 0.25) is 0 Å². The van der Waals surface area contributed by atoms with Crippen molar-refractivity contribution < 1.29 is 9.53 Å². The number of methoxy groups -OCH3 is 1. The maximum Gasteiger partial charge on any atom is 0.330 e. The monoisotopic (exact) mass is 228 g/mol. The number of hydrogen-bond acceptors (Lipinski definition) is 2. The Morgan fingerprint density at radius 1 is 1.00 bits per heavy atom. The normalized spacial score (nSPS) is 9.75. The van der Waals surface area contributed by atoms with Gasteiger partial charge in [-0.3, -0.25) is 0 Å². The Hall–Kier alpha value is -0.790. The van der Waals surface area contributed by atoms with E-state index in [2.05, 4.69) is 18.6 Å². The van der Waals surface area contributed by atoms with Crippen molar-refractivity contribution in [3.63, 3.8) is 0 Å². The van der Waals surface area contributed by atoms with Crippen molar-refractivity contribution in [2.75, 3.05) is 7.11 Å². The minimum absolute atomic E-state index is 0.285. The highest BCUT2D eigenvalue weighted by Crippen LogP contribution is 2.03. The van der Waals surface area contributed by atoms with E-state index in [4.69, 9.17) is 0 Å². The van der Waals surface area contributed by atoms with Crippen LogP contribution in [0, 0.1) is 0 Å². The summed E-state index contributed by atoms with van der Waals surface area (Å²) in [5.41, 5.74) is 0. The highest BCUT2D eigenvalue weighted by molar-refractivity contribution is 5.81. The molecule has 0 rings (SSSR count). The van der Waals surface area contributed by atoms with E-state index in [1.165, 1.54) is 51.7 Å². The fourth-order valence-electron chi connectivity index (χ4n) is 1.14.